The summed E-state index contributed by atoms with van der Waals surface area (Å²) in [6.07, 6.45) is 8.94. The second-order valence-electron chi connectivity index (χ2n) is 17.7. The largest absolute Gasteiger partial charge is 0.459 e. The van der Waals surface area contributed by atoms with E-state index in [1.165, 1.54) is 12.8 Å². The van der Waals surface area contributed by atoms with Crippen LogP contribution in [0.25, 0.3) is 0 Å². The van der Waals surface area contributed by atoms with Gasteiger partial charge < -0.3 is 29.2 Å². The number of hydrogen-bond donors (Lipinski definition) is 2. The van der Waals surface area contributed by atoms with Gasteiger partial charge in [0.15, 0.2) is 6.29 Å². The maximum Gasteiger partial charge on any atom is 0.330 e. The normalized spacial score (nSPS) is 49.6. The Kier molecular flexibility index (Phi) is 7.86. The molecule has 0 radical (unpaired) electrons. The minimum Gasteiger partial charge on any atom is -0.459 e. The monoisotopic (exact) mass is 616 g/mol. The van der Waals surface area contributed by atoms with Crippen LogP contribution in [0, 0.1) is 50.7 Å². The number of fused-ring (bicyclic) bond motifs is 3. The van der Waals surface area contributed by atoms with Crippen LogP contribution < -0.4 is 0 Å². The molecule has 250 valence electrons. The number of carbonyl (C=O) groups is 1. The number of rotatable bonds is 7. The van der Waals surface area contributed by atoms with Gasteiger partial charge in [-0.25, -0.2) is 4.79 Å². The van der Waals surface area contributed by atoms with Crippen LogP contribution >= 0.6 is 0 Å². The summed E-state index contributed by atoms with van der Waals surface area (Å²) in [5.74, 6) is 1.17. The van der Waals surface area contributed by atoms with Crippen molar-refractivity contribution in [3.05, 3.63) is 11.6 Å². The molecule has 5 aliphatic carbocycles. The third kappa shape index (κ3) is 4.27. The molecule has 7 nitrogen and oxygen atoms in total. The molecule has 44 heavy (non-hydrogen) atoms. The summed E-state index contributed by atoms with van der Waals surface area (Å²) in [6.45, 7) is 17.2. The van der Waals surface area contributed by atoms with Gasteiger partial charge in [-0.2, -0.15) is 0 Å². The predicted octanol–water partition coefficient (Wildman–Crippen LogP) is 6.44. The molecule has 0 amide bonds. The zero-order chi connectivity index (χ0) is 32.3. The zero-order valence-corrected chi connectivity index (χ0v) is 29.1. The molecule has 6 rings (SSSR count). The van der Waals surface area contributed by atoms with E-state index in [4.69, 9.17) is 18.9 Å². The smallest absolute Gasteiger partial charge is 0.330 e. The summed E-state index contributed by atoms with van der Waals surface area (Å²) < 4.78 is 24.1. The van der Waals surface area contributed by atoms with Gasteiger partial charge in [0.2, 0.25) is 0 Å². The molecular weight excluding hydrogens is 556 g/mol. The summed E-state index contributed by atoms with van der Waals surface area (Å²) >= 11 is 0. The van der Waals surface area contributed by atoms with Gasteiger partial charge in [0, 0.05) is 37.0 Å². The van der Waals surface area contributed by atoms with Crippen molar-refractivity contribution < 1.29 is 34.0 Å². The average Bonchev–Trinajstić information content (AvgIpc) is 3.27. The maximum absolute atomic E-state index is 12.7. The van der Waals surface area contributed by atoms with Gasteiger partial charge in [0.25, 0.3) is 0 Å². The van der Waals surface area contributed by atoms with Crippen LogP contribution in [0.1, 0.15) is 113 Å². The van der Waals surface area contributed by atoms with Crippen molar-refractivity contribution in [3.8, 4) is 0 Å². The Hall–Kier alpha value is -0.990. The number of ether oxygens (including phenoxy) is 4. The average molecular weight is 617 g/mol. The van der Waals surface area contributed by atoms with Crippen molar-refractivity contribution >= 4 is 5.97 Å². The first kappa shape index (κ1) is 32.9. The van der Waals surface area contributed by atoms with Crippen molar-refractivity contribution in [1.82, 2.24) is 0 Å². The molecule has 0 unspecified atom stereocenters. The van der Waals surface area contributed by atoms with Crippen molar-refractivity contribution in [2.24, 2.45) is 50.7 Å². The molecule has 13 atom stereocenters. The summed E-state index contributed by atoms with van der Waals surface area (Å²) in [6, 6.07) is 0. The standard InChI is InChI=1S/C37H60O7/c1-21(2)17-29(39)44-28-13-14-34(7)25-12-15-36-20-37(36,35(25,8)27(38)19-26(34)32(28,3)4)16-11-23(36)22-18-24(43-31(22)41-9)30(40)33(5,6)42-10/h17,22-28,30-31,38,40H,11-16,18-20H2,1-10H3/t22-,23-,24+,25+,26-,27+,28-,30-,31+,34+,35-,36+,37+/m0/s1. The van der Waals surface area contributed by atoms with Crippen molar-refractivity contribution in [2.75, 3.05) is 14.2 Å². The molecule has 1 heterocycles. The first-order valence-electron chi connectivity index (χ1n) is 17.4. The van der Waals surface area contributed by atoms with E-state index < -0.39 is 11.7 Å². The van der Waals surface area contributed by atoms with Gasteiger partial charge in [-0.05, 0) is 119 Å². The molecule has 6 fully saturated rings. The quantitative estimate of drug-likeness (QED) is 0.251. The minimum atomic E-state index is -0.733. The van der Waals surface area contributed by atoms with Crippen LogP contribution in [0.15, 0.2) is 11.6 Å². The molecule has 0 aromatic carbocycles. The van der Waals surface area contributed by atoms with Gasteiger partial charge in [-0.3, -0.25) is 0 Å². The summed E-state index contributed by atoms with van der Waals surface area (Å²) in [5.41, 5.74) is 0.322. The van der Waals surface area contributed by atoms with Crippen LogP contribution in [0.2, 0.25) is 0 Å². The van der Waals surface area contributed by atoms with Gasteiger partial charge in [0.1, 0.15) is 12.2 Å². The predicted molar refractivity (Wildman–Crippen MR) is 168 cm³/mol. The Bertz CT molecular complexity index is 1170. The number of methoxy groups -OCH3 is 2. The summed E-state index contributed by atoms with van der Waals surface area (Å²) in [5, 5.41) is 23.5. The van der Waals surface area contributed by atoms with Gasteiger partial charge in [-0.15, -0.1) is 0 Å². The van der Waals surface area contributed by atoms with E-state index in [1.54, 1.807) is 20.3 Å². The lowest BCUT2D eigenvalue weighted by atomic mass is 9.37. The van der Waals surface area contributed by atoms with E-state index in [1.807, 2.05) is 27.7 Å². The number of esters is 1. The van der Waals surface area contributed by atoms with E-state index in [2.05, 4.69) is 27.7 Å². The highest BCUT2D eigenvalue weighted by Gasteiger charge is 2.86. The van der Waals surface area contributed by atoms with Gasteiger partial charge in [0.05, 0.1) is 17.8 Å². The fraction of sp³-hybridized carbons (Fsp3) is 0.919. The lowest BCUT2D eigenvalue weighted by molar-refractivity contribution is -0.245. The lowest BCUT2D eigenvalue weighted by Crippen LogP contribution is -2.66. The fourth-order valence-corrected chi connectivity index (χ4v) is 12.9. The van der Waals surface area contributed by atoms with E-state index in [9.17, 15) is 15.0 Å². The van der Waals surface area contributed by atoms with Crippen molar-refractivity contribution in [2.45, 2.75) is 149 Å². The Morgan fingerprint density at radius 2 is 1.70 bits per heavy atom. The second-order valence-corrected chi connectivity index (χ2v) is 17.7. The molecule has 2 N–H and O–H groups in total. The number of allylic oxidation sites excluding steroid dienone is 1. The highest BCUT2D eigenvalue weighted by Crippen LogP contribution is 2.91. The maximum atomic E-state index is 12.7. The molecule has 1 saturated heterocycles. The Morgan fingerprint density at radius 1 is 1.00 bits per heavy atom. The summed E-state index contributed by atoms with van der Waals surface area (Å²) in [4.78, 5) is 12.7. The molecular formula is C37H60O7. The van der Waals surface area contributed by atoms with Crippen molar-refractivity contribution in [1.29, 1.82) is 0 Å². The first-order chi connectivity index (χ1) is 20.4. The molecule has 0 aromatic rings. The Morgan fingerprint density at radius 3 is 2.34 bits per heavy atom. The molecule has 0 bridgehead atoms. The molecule has 0 spiro atoms. The van der Waals surface area contributed by atoms with Crippen LogP contribution in [-0.4, -0.2) is 66.7 Å². The van der Waals surface area contributed by atoms with Crippen LogP contribution in [0.5, 0.6) is 0 Å². The number of aliphatic hydroxyl groups is 2. The fourth-order valence-electron chi connectivity index (χ4n) is 12.9. The van der Waals surface area contributed by atoms with E-state index in [-0.39, 0.29) is 69.5 Å². The second kappa shape index (κ2) is 10.5. The lowest BCUT2D eigenvalue weighted by Gasteiger charge is -2.68. The summed E-state index contributed by atoms with van der Waals surface area (Å²) in [7, 11) is 3.38. The molecule has 7 heteroatoms. The number of hydrogen-bond acceptors (Lipinski definition) is 7. The third-order valence-electron chi connectivity index (χ3n) is 15.3. The topological polar surface area (TPSA) is 94.5 Å². The van der Waals surface area contributed by atoms with E-state index in [0.29, 0.717) is 11.8 Å². The van der Waals surface area contributed by atoms with Crippen LogP contribution in [0.4, 0.5) is 0 Å². The Labute approximate surface area is 265 Å². The minimum absolute atomic E-state index is 0.0883. The van der Waals surface area contributed by atoms with Crippen molar-refractivity contribution in [3.63, 3.8) is 0 Å². The van der Waals surface area contributed by atoms with E-state index >= 15 is 0 Å². The SMILES string of the molecule is CO[C@@H]1O[C@@H]([C@H](O)C(C)(C)OC)C[C@H]1[C@@H]1CC[C@]23C[C@]12CC[C@@H]1[C@@]2(C)CC[C@H](OC(=O)C=C(C)C)C(C)(C)[C@@H]2C[C@@H](O)[C@]13C. The highest BCUT2D eigenvalue weighted by molar-refractivity contribution is 5.82. The van der Waals surface area contributed by atoms with E-state index in [0.717, 1.165) is 50.5 Å². The van der Waals surface area contributed by atoms with Gasteiger partial charge >= 0.3 is 5.97 Å². The highest BCUT2D eigenvalue weighted by atomic mass is 16.7. The van der Waals surface area contributed by atoms with Gasteiger partial charge in [-0.1, -0.05) is 33.3 Å². The Balaban J connectivity index is 1.26. The number of carbonyl (C=O) groups excluding carboxylic acids is 1. The van der Waals surface area contributed by atoms with Crippen LogP contribution in [0.3, 0.4) is 0 Å². The zero-order valence-electron chi connectivity index (χ0n) is 29.1. The molecule has 1 aliphatic heterocycles. The molecule has 6 aliphatic rings. The number of aliphatic hydroxyl groups excluding tert-OH is 2. The van der Waals surface area contributed by atoms with Crippen LogP contribution in [-0.2, 0) is 23.7 Å². The third-order valence-corrected chi connectivity index (χ3v) is 15.3. The molecule has 0 aromatic heterocycles. The molecule has 5 saturated carbocycles. The first-order valence-corrected chi connectivity index (χ1v) is 17.4.